The number of aliphatic hydroxyl groups is 2. The van der Waals surface area contributed by atoms with Crippen LogP contribution in [0.1, 0.15) is 30.1 Å². The molecule has 1 rings (SSSR count). The van der Waals surface area contributed by atoms with Crippen molar-refractivity contribution in [1.29, 1.82) is 0 Å². The van der Waals surface area contributed by atoms with Crippen LogP contribution in [-0.4, -0.2) is 16.8 Å². The van der Waals surface area contributed by atoms with E-state index in [1.165, 1.54) is 12.1 Å². The minimum Gasteiger partial charge on any atom is -0.396 e. The molecule has 0 amide bonds. The molecule has 1 aromatic carbocycles. The topological polar surface area (TPSA) is 40.5 Å². The van der Waals surface area contributed by atoms with Gasteiger partial charge in [0.25, 0.3) is 0 Å². The molecule has 2 N–H and O–H groups in total. The molecule has 78 valence electrons. The number of aliphatic hydroxyl groups excluding tert-OH is 2. The molecule has 14 heavy (non-hydrogen) atoms. The zero-order valence-corrected chi connectivity index (χ0v) is 8.20. The van der Waals surface area contributed by atoms with Crippen LogP contribution in [0.3, 0.4) is 0 Å². The number of aryl methyl sites for hydroxylation is 1. The zero-order valence-electron chi connectivity index (χ0n) is 8.20. The van der Waals surface area contributed by atoms with Crippen LogP contribution in [0.4, 0.5) is 4.39 Å². The highest BCUT2D eigenvalue weighted by Gasteiger charge is 2.08. The number of hydrogen-bond acceptors (Lipinski definition) is 2. The zero-order chi connectivity index (χ0) is 10.6. The molecule has 1 aromatic rings. The van der Waals surface area contributed by atoms with Gasteiger partial charge < -0.3 is 10.2 Å². The summed E-state index contributed by atoms with van der Waals surface area (Å²) in [5.41, 5.74) is 1.37. The van der Waals surface area contributed by atoms with E-state index in [1.54, 1.807) is 13.0 Å². The lowest BCUT2D eigenvalue weighted by atomic mass is 10.0. The van der Waals surface area contributed by atoms with Crippen LogP contribution in [0.25, 0.3) is 0 Å². The van der Waals surface area contributed by atoms with E-state index in [-0.39, 0.29) is 12.4 Å². The van der Waals surface area contributed by atoms with Gasteiger partial charge in [0.2, 0.25) is 0 Å². The molecule has 0 bridgehead atoms. The molecule has 0 spiro atoms. The largest absolute Gasteiger partial charge is 0.396 e. The fourth-order valence-electron chi connectivity index (χ4n) is 1.41. The molecule has 0 aromatic heterocycles. The average Bonchev–Trinajstić information content (AvgIpc) is 2.12. The smallest absolute Gasteiger partial charge is 0.123 e. The fourth-order valence-corrected chi connectivity index (χ4v) is 1.41. The Balaban J connectivity index is 2.73. The van der Waals surface area contributed by atoms with Gasteiger partial charge in [-0.25, -0.2) is 4.39 Å². The molecule has 0 aliphatic heterocycles. The first-order chi connectivity index (χ1) is 6.63. The van der Waals surface area contributed by atoms with Crippen molar-refractivity contribution in [3.05, 3.63) is 35.1 Å². The summed E-state index contributed by atoms with van der Waals surface area (Å²) in [6, 6.07) is 4.50. The standard InChI is InChI=1S/C11H15FO2/c1-8-5-9(7-10(12)6-8)11(14)3-2-4-13/h5-7,11,13-14H,2-4H2,1H3. The predicted molar refractivity (Wildman–Crippen MR) is 52.4 cm³/mol. The number of benzene rings is 1. The van der Waals surface area contributed by atoms with Crippen LogP contribution in [0.5, 0.6) is 0 Å². The highest BCUT2D eigenvalue weighted by atomic mass is 19.1. The third-order valence-electron chi connectivity index (χ3n) is 2.08. The average molecular weight is 198 g/mol. The molecule has 1 unspecified atom stereocenters. The van der Waals surface area contributed by atoms with Gasteiger partial charge in [0.1, 0.15) is 5.82 Å². The maximum atomic E-state index is 13.0. The summed E-state index contributed by atoms with van der Waals surface area (Å²) in [4.78, 5) is 0. The Hall–Kier alpha value is -0.930. The van der Waals surface area contributed by atoms with E-state index >= 15 is 0 Å². The van der Waals surface area contributed by atoms with Crippen LogP contribution in [0.15, 0.2) is 18.2 Å². The van der Waals surface area contributed by atoms with Crippen LogP contribution < -0.4 is 0 Å². The quantitative estimate of drug-likeness (QED) is 0.776. The number of halogens is 1. The lowest BCUT2D eigenvalue weighted by Gasteiger charge is -2.10. The minimum absolute atomic E-state index is 0.0470. The lowest BCUT2D eigenvalue weighted by molar-refractivity contribution is 0.151. The van der Waals surface area contributed by atoms with Gasteiger partial charge in [0.05, 0.1) is 6.10 Å². The third-order valence-corrected chi connectivity index (χ3v) is 2.08. The molecule has 0 saturated carbocycles. The molecule has 3 heteroatoms. The second kappa shape index (κ2) is 5.08. The van der Waals surface area contributed by atoms with Crippen molar-refractivity contribution in [2.75, 3.05) is 6.61 Å². The summed E-state index contributed by atoms with van der Waals surface area (Å²) in [5, 5.41) is 18.2. The van der Waals surface area contributed by atoms with Crippen LogP contribution in [0.2, 0.25) is 0 Å². The van der Waals surface area contributed by atoms with Crippen molar-refractivity contribution in [1.82, 2.24) is 0 Å². The lowest BCUT2D eigenvalue weighted by Crippen LogP contribution is -2.00. The number of rotatable bonds is 4. The van der Waals surface area contributed by atoms with Crippen molar-refractivity contribution in [2.45, 2.75) is 25.9 Å². The summed E-state index contributed by atoms with van der Waals surface area (Å²) < 4.78 is 13.0. The van der Waals surface area contributed by atoms with E-state index in [2.05, 4.69) is 0 Å². The Morgan fingerprint density at radius 2 is 2.07 bits per heavy atom. The molecule has 1 atom stereocenters. The second-order valence-corrected chi connectivity index (χ2v) is 3.44. The SMILES string of the molecule is Cc1cc(F)cc(C(O)CCCO)c1. The summed E-state index contributed by atoms with van der Waals surface area (Å²) >= 11 is 0. The Morgan fingerprint density at radius 3 is 2.64 bits per heavy atom. The molecular formula is C11H15FO2. The van der Waals surface area contributed by atoms with Crippen LogP contribution in [-0.2, 0) is 0 Å². The molecule has 2 nitrogen and oxygen atoms in total. The maximum absolute atomic E-state index is 13.0. The van der Waals surface area contributed by atoms with Crippen molar-refractivity contribution < 1.29 is 14.6 Å². The molecule has 0 aliphatic rings. The van der Waals surface area contributed by atoms with Gasteiger partial charge >= 0.3 is 0 Å². The highest BCUT2D eigenvalue weighted by Crippen LogP contribution is 2.20. The Morgan fingerprint density at radius 1 is 1.36 bits per heavy atom. The van der Waals surface area contributed by atoms with Gasteiger partial charge in [-0.05, 0) is 43.0 Å². The summed E-state index contributed by atoms with van der Waals surface area (Å²) in [6.07, 6.45) is 0.299. The Labute approximate surface area is 83.0 Å². The monoisotopic (exact) mass is 198 g/mol. The van der Waals surface area contributed by atoms with E-state index in [9.17, 15) is 9.50 Å². The van der Waals surface area contributed by atoms with Gasteiger partial charge in [-0.1, -0.05) is 6.07 Å². The van der Waals surface area contributed by atoms with Crippen molar-refractivity contribution in [3.63, 3.8) is 0 Å². The van der Waals surface area contributed by atoms with Crippen molar-refractivity contribution in [3.8, 4) is 0 Å². The van der Waals surface area contributed by atoms with E-state index in [0.29, 0.717) is 18.4 Å². The molecule has 0 fully saturated rings. The molecular weight excluding hydrogens is 183 g/mol. The normalized spacial score (nSPS) is 12.9. The molecule has 0 heterocycles. The summed E-state index contributed by atoms with van der Waals surface area (Å²) in [7, 11) is 0. The van der Waals surface area contributed by atoms with Gasteiger partial charge in [-0.3, -0.25) is 0 Å². The first kappa shape index (κ1) is 11.1. The van der Waals surface area contributed by atoms with Gasteiger partial charge in [-0.15, -0.1) is 0 Å². The fraction of sp³-hybridized carbons (Fsp3) is 0.455. The Kier molecular flexibility index (Phi) is 4.04. The molecule has 0 radical (unpaired) electrons. The van der Waals surface area contributed by atoms with Gasteiger partial charge in [0, 0.05) is 6.61 Å². The van der Waals surface area contributed by atoms with Crippen molar-refractivity contribution >= 4 is 0 Å². The Bertz CT molecular complexity index is 279. The third kappa shape index (κ3) is 3.09. The first-order valence-corrected chi connectivity index (χ1v) is 4.69. The van der Waals surface area contributed by atoms with Crippen molar-refractivity contribution in [2.24, 2.45) is 0 Å². The van der Waals surface area contributed by atoms with E-state index in [1.807, 2.05) is 0 Å². The van der Waals surface area contributed by atoms with Gasteiger partial charge in [-0.2, -0.15) is 0 Å². The second-order valence-electron chi connectivity index (χ2n) is 3.44. The minimum atomic E-state index is -0.684. The molecule has 0 saturated heterocycles. The highest BCUT2D eigenvalue weighted by molar-refractivity contribution is 5.25. The predicted octanol–water partition coefficient (Wildman–Crippen LogP) is 1.94. The van der Waals surface area contributed by atoms with Crippen LogP contribution in [0, 0.1) is 12.7 Å². The summed E-state index contributed by atoms with van der Waals surface area (Å²) in [6.45, 7) is 1.83. The summed E-state index contributed by atoms with van der Waals surface area (Å²) in [5.74, 6) is -0.331. The molecule has 0 aliphatic carbocycles. The van der Waals surface area contributed by atoms with Crippen LogP contribution >= 0.6 is 0 Å². The van der Waals surface area contributed by atoms with Gasteiger partial charge in [0.15, 0.2) is 0 Å². The number of hydrogen-bond donors (Lipinski definition) is 2. The maximum Gasteiger partial charge on any atom is 0.123 e. The van der Waals surface area contributed by atoms with E-state index in [0.717, 1.165) is 5.56 Å². The van der Waals surface area contributed by atoms with E-state index in [4.69, 9.17) is 5.11 Å². The first-order valence-electron chi connectivity index (χ1n) is 4.69. The van der Waals surface area contributed by atoms with E-state index < -0.39 is 6.10 Å².